The fourth-order valence-corrected chi connectivity index (χ4v) is 8.60. The number of aromatic hydroxyl groups is 1. The topological polar surface area (TPSA) is 132 Å². The summed E-state index contributed by atoms with van der Waals surface area (Å²) in [5.41, 5.74) is -0.295. The van der Waals surface area contributed by atoms with Crippen LogP contribution < -0.4 is 4.74 Å². The molecule has 10 heteroatoms. The largest absolute Gasteiger partial charge is 0.504 e. The third-order valence-electron chi connectivity index (χ3n) is 11.5. The summed E-state index contributed by atoms with van der Waals surface area (Å²) in [6.45, 7) is 5.77. The van der Waals surface area contributed by atoms with Crippen LogP contribution in [0.1, 0.15) is 135 Å². The highest BCUT2D eigenvalue weighted by Gasteiger charge is 2.72. The maximum absolute atomic E-state index is 13.2. The van der Waals surface area contributed by atoms with Gasteiger partial charge >= 0.3 is 17.9 Å². The van der Waals surface area contributed by atoms with E-state index in [-0.39, 0.29) is 30.4 Å². The van der Waals surface area contributed by atoms with Crippen LogP contribution in [0.2, 0.25) is 0 Å². The molecule has 1 fully saturated rings. The maximum atomic E-state index is 13.2. The Bertz CT molecular complexity index is 1450. The van der Waals surface area contributed by atoms with Crippen LogP contribution in [0.3, 0.4) is 0 Å². The molecule has 10 nitrogen and oxygen atoms in total. The van der Waals surface area contributed by atoms with Crippen LogP contribution in [0.25, 0.3) is 0 Å². The van der Waals surface area contributed by atoms with E-state index in [4.69, 9.17) is 18.9 Å². The number of nitrogens with zero attached hydrogens (tertiary/aromatic N) is 1. The molecule has 0 aromatic heterocycles. The molecular formula is C41H59NO9. The smallest absolute Gasteiger partial charge is 0.352 e. The Morgan fingerprint density at radius 2 is 1.59 bits per heavy atom. The molecule has 282 valence electrons. The summed E-state index contributed by atoms with van der Waals surface area (Å²) < 4.78 is 22.8. The summed E-state index contributed by atoms with van der Waals surface area (Å²) >= 11 is 0. The predicted molar refractivity (Wildman–Crippen MR) is 193 cm³/mol. The summed E-state index contributed by atoms with van der Waals surface area (Å²) in [5, 5.41) is 23.0. The molecule has 6 atom stereocenters. The van der Waals surface area contributed by atoms with Crippen LogP contribution in [-0.2, 0) is 40.4 Å². The van der Waals surface area contributed by atoms with Crippen LogP contribution in [0.5, 0.6) is 11.5 Å². The van der Waals surface area contributed by atoms with Gasteiger partial charge in [0, 0.05) is 24.4 Å². The highest BCUT2D eigenvalue weighted by Crippen LogP contribution is 2.65. The predicted octanol–water partition coefficient (Wildman–Crippen LogP) is 7.11. The Morgan fingerprint density at radius 1 is 0.941 bits per heavy atom. The fourth-order valence-electron chi connectivity index (χ4n) is 8.60. The first-order valence-corrected chi connectivity index (χ1v) is 19.4. The van der Waals surface area contributed by atoms with Gasteiger partial charge in [-0.15, -0.1) is 0 Å². The Hall–Kier alpha value is -3.37. The molecule has 0 amide bonds. The summed E-state index contributed by atoms with van der Waals surface area (Å²) in [6.07, 6.45) is 19.7. The van der Waals surface area contributed by atoms with Crippen LogP contribution in [0.15, 0.2) is 36.1 Å². The first-order chi connectivity index (χ1) is 24.5. The lowest BCUT2D eigenvalue weighted by atomic mass is 9.50. The number of rotatable bonds is 20. The number of allylic oxidation sites excluding steroid dienone is 2. The summed E-state index contributed by atoms with van der Waals surface area (Å²) in [6, 6.07) is 3.31. The number of esters is 3. The third kappa shape index (κ3) is 8.32. The summed E-state index contributed by atoms with van der Waals surface area (Å²) in [7, 11) is 2.00. The molecule has 2 bridgehead atoms. The Morgan fingerprint density at radius 3 is 2.29 bits per heavy atom. The molecule has 2 N–H and O–H groups in total. The number of carbonyl (C=O) groups excluding carboxylic acids is 3. The minimum Gasteiger partial charge on any atom is -0.504 e. The second kappa shape index (κ2) is 17.4. The molecule has 1 saturated heterocycles. The number of unbranched alkanes of at least 4 members (excludes halogenated alkanes) is 11. The molecule has 0 saturated carbocycles. The highest BCUT2D eigenvalue weighted by molar-refractivity contribution is 5.83. The zero-order chi connectivity index (χ0) is 36.6. The third-order valence-corrected chi connectivity index (χ3v) is 11.5. The summed E-state index contributed by atoms with van der Waals surface area (Å²) in [4.78, 5) is 40.5. The molecule has 0 radical (unpaired) electrons. The van der Waals surface area contributed by atoms with Crippen molar-refractivity contribution in [3.05, 3.63) is 47.2 Å². The van der Waals surface area contributed by atoms with E-state index < -0.39 is 47.2 Å². The van der Waals surface area contributed by atoms with Crippen molar-refractivity contribution in [2.75, 3.05) is 13.6 Å². The minimum atomic E-state index is -1.28. The van der Waals surface area contributed by atoms with Crippen molar-refractivity contribution in [2.45, 2.75) is 165 Å². The second-order valence-electron chi connectivity index (χ2n) is 15.1. The lowest BCUT2D eigenvalue weighted by Crippen LogP contribution is -2.74. The van der Waals surface area contributed by atoms with Gasteiger partial charge in [-0.1, -0.05) is 76.5 Å². The molecule has 2 unspecified atom stereocenters. The minimum absolute atomic E-state index is 0.0222. The van der Waals surface area contributed by atoms with Crippen molar-refractivity contribution >= 4 is 17.9 Å². The first kappa shape index (κ1) is 38.9. The van der Waals surface area contributed by atoms with E-state index in [1.54, 1.807) is 12.1 Å². The van der Waals surface area contributed by atoms with Gasteiger partial charge in [0.15, 0.2) is 29.8 Å². The number of carbonyl (C=O) groups is 3. The number of phenolic OH excluding ortho intramolecular Hbond substituents is 1. The number of ether oxygens (including phenoxy) is 4. The molecule has 51 heavy (non-hydrogen) atoms. The molecule has 2 aliphatic heterocycles. The fraction of sp³-hybridized carbons (Fsp3) is 0.683. The van der Waals surface area contributed by atoms with Gasteiger partial charge in [-0.2, -0.15) is 0 Å². The summed E-state index contributed by atoms with van der Waals surface area (Å²) in [5.74, 6) is -1.61. The van der Waals surface area contributed by atoms with Gasteiger partial charge in [0.25, 0.3) is 0 Å². The molecule has 1 aromatic rings. The zero-order valence-electron chi connectivity index (χ0n) is 31.1. The van der Waals surface area contributed by atoms with Crippen molar-refractivity contribution in [3.63, 3.8) is 0 Å². The van der Waals surface area contributed by atoms with Gasteiger partial charge < -0.3 is 34.1 Å². The highest BCUT2D eigenvalue weighted by atomic mass is 16.6. The van der Waals surface area contributed by atoms with Crippen molar-refractivity contribution in [2.24, 2.45) is 0 Å². The first-order valence-electron chi connectivity index (χ1n) is 19.4. The van der Waals surface area contributed by atoms with Gasteiger partial charge in [0.2, 0.25) is 0 Å². The normalized spacial score (nSPS) is 25.8. The number of hydrogen-bond acceptors (Lipinski definition) is 10. The van der Waals surface area contributed by atoms with Gasteiger partial charge in [-0.3, -0.25) is 4.79 Å². The van der Waals surface area contributed by atoms with E-state index in [9.17, 15) is 24.6 Å². The average Bonchev–Trinajstić information content (AvgIpc) is 3.46. The van der Waals surface area contributed by atoms with Crippen molar-refractivity contribution in [3.8, 4) is 11.5 Å². The lowest BCUT2D eigenvalue weighted by Gasteiger charge is -2.61. The number of likely N-dealkylation sites (tertiary alicyclic amines) is 1. The number of benzene rings is 1. The van der Waals surface area contributed by atoms with E-state index in [1.165, 1.54) is 58.8 Å². The molecule has 2 heterocycles. The van der Waals surface area contributed by atoms with Gasteiger partial charge in [0.05, 0.1) is 11.0 Å². The molecule has 5 rings (SSSR count). The van der Waals surface area contributed by atoms with Crippen molar-refractivity contribution in [1.82, 2.24) is 4.90 Å². The second-order valence-corrected chi connectivity index (χ2v) is 15.1. The van der Waals surface area contributed by atoms with E-state index in [2.05, 4.69) is 24.0 Å². The maximum Gasteiger partial charge on any atom is 0.352 e. The molecule has 2 aliphatic carbocycles. The Balaban J connectivity index is 1.01. The van der Waals surface area contributed by atoms with E-state index in [1.807, 2.05) is 13.1 Å². The lowest BCUT2D eigenvalue weighted by molar-refractivity contribution is -0.180. The Labute approximate surface area is 303 Å². The Kier molecular flexibility index (Phi) is 13.3. The van der Waals surface area contributed by atoms with Gasteiger partial charge in [0.1, 0.15) is 5.76 Å². The molecule has 1 aromatic carbocycles. The molecule has 4 aliphatic rings. The van der Waals surface area contributed by atoms with Crippen molar-refractivity contribution in [1.29, 1.82) is 0 Å². The van der Waals surface area contributed by atoms with Crippen LogP contribution in [0.4, 0.5) is 0 Å². The number of phenols is 1. The van der Waals surface area contributed by atoms with E-state index in [0.29, 0.717) is 31.6 Å². The zero-order valence-corrected chi connectivity index (χ0v) is 31.1. The van der Waals surface area contributed by atoms with Crippen LogP contribution >= 0.6 is 0 Å². The number of aliphatic hydroxyl groups is 1. The molecule has 1 spiro atoms. The van der Waals surface area contributed by atoms with Gasteiger partial charge in [-0.25, -0.2) is 9.59 Å². The van der Waals surface area contributed by atoms with Crippen molar-refractivity contribution < 1.29 is 43.5 Å². The number of hydrogen-bond donors (Lipinski definition) is 2. The standard InChI is InChI=1S/C41H59NO9/c1-5-6-7-8-9-10-11-12-13-14-15-16-17-18-19-20-34(44)48-28(2)38(45)49-29(3)39(46)50-32-23-24-41(47)33-27-30-21-22-31(43)36-35(30)40(41,37(32)51-36)25-26-42(33)4/h12-13,21-23,28-29,33,37,43,47H,5-11,14-20,24-27H2,1-4H3/b13-12-/t28?,29?,33-,37+,40+,41-/m1/s1. The molecular weight excluding hydrogens is 650 g/mol. The number of piperidine rings is 1. The van der Waals surface area contributed by atoms with E-state index in [0.717, 1.165) is 43.2 Å². The monoisotopic (exact) mass is 709 g/mol. The van der Waals surface area contributed by atoms with E-state index >= 15 is 0 Å². The average molecular weight is 710 g/mol. The van der Waals surface area contributed by atoms with Crippen LogP contribution in [-0.4, -0.2) is 76.6 Å². The quantitative estimate of drug-likeness (QED) is 0.0625. The SMILES string of the molecule is CCCCCCCC/C=C\CCCCCCCC(=O)OC(C)C(=O)OC(C)C(=O)OC1=CC[C@@]2(O)[C@H]3Cc4ccc(O)c5c4[C@@]2(CCN3C)[C@H]1O5. The van der Waals surface area contributed by atoms with Crippen LogP contribution in [0, 0.1) is 0 Å². The van der Waals surface area contributed by atoms with Gasteiger partial charge in [-0.05, 0) is 90.1 Å². The number of likely N-dealkylation sites (N-methyl/N-ethyl adjacent to an activating group) is 1.